The molecule has 0 radical (unpaired) electrons. The summed E-state index contributed by atoms with van der Waals surface area (Å²) in [4.78, 5) is 0. The summed E-state index contributed by atoms with van der Waals surface area (Å²) in [5.41, 5.74) is 0.914. The van der Waals surface area contributed by atoms with E-state index >= 15 is 0 Å². The Bertz CT molecular complexity index is 125. The lowest BCUT2D eigenvalue weighted by Gasteiger charge is -1.92. The molecule has 0 atom stereocenters. The van der Waals surface area contributed by atoms with Gasteiger partial charge < -0.3 is 10.7 Å². The fourth-order valence-electron chi connectivity index (χ4n) is 0.345. The molecule has 0 unspecified atom stereocenters. The van der Waals surface area contributed by atoms with E-state index in [-0.39, 0.29) is 0 Å². The summed E-state index contributed by atoms with van der Waals surface area (Å²) in [6.07, 6.45) is 4.86. The molecular weight excluding hydrogens is 112 g/mol. The Labute approximate surface area is 55.8 Å². The van der Waals surface area contributed by atoms with Crippen molar-refractivity contribution in [3.05, 3.63) is 24.4 Å². The van der Waals surface area contributed by atoms with Gasteiger partial charge in [-0.1, -0.05) is 6.08 Å². The van der Waals surface area contributed by atoms with E-state index in [4.69, 9.17) is 5.41 Å². The van der Waals surface area contributed by atoms with Crippen LogP contribution in [-0.4, -0.2) is 12.8 Å². The quantitative estimate of drug-likeness (QED) is 0.331. The van der Waals surface area contributed by atoms with Gasteiger partial charge in [-0.15, -0.1) is 6.58 Å². The van der Waals surface area contributed by atoms with Gasteiger partial charge in [0.15, 0.2) is 0 Å². The van der Waals surface area contributed by atoms with Crippen molar-refractivity contribution in [2.75, 3.05) is 6.54 Å². The van der Waals surface area contributed by atoms with E-state index in [1.54, 1.807) is 12.3 Å². The van der Waals surface area contributed by atoms with Crippen molar-refractivity contribution >= 4 is 6.21 Å². The SMILES string of the molecule is C=CCN/C=C(/C)C=N. The van der Waals surface area contributed by atoms with Gasteiger partial charge in [-0.25, -0.2) is 0 Å². The van der Waals surface area contributed by atoms with Crippen molar-refractivity contribution in [2.45, 2.75) is 6.92 Å². The molecule has 0 aromatic carbocycles. The van der Waals surface area contributed by atoms with Crippen molar-refractivity contribution in [2.24, 2.45) is 0 Å². The van der Waals surface area contributed by atoms with Gasteiger partial charge in [-0.2, -0.15) is 0 Å². The second kappa shape index (κ2) is 5.09. The molecule has 0 aromatic heterocycles. The highest BCUT2D eigenvalue weighted by atomic mass is 14.8. The molecule has 0 aromatic rings. The highest BCUT2D eigenvalue weighted by Gasteiger charge is 1.76. The summed E-state index contributed by atoms with van der Waals surface area (Å²) in [5, 5.41) is 9.74. The van der Waals surface area contributed by atoms with Crippen LogP contribution in [0.3, 0.4) is 0 Å². The lowest BCUT2D eigenvalue weighted by Crippen LogP contribution is -2.04. The third-order valence-corrected chi connectivity index (χ3v) is 0.820. The first-order valence-electron chi connectivity index (χ1n) is 2.82. The van der Waals surface area contributed by atoms with E-state index in [9.17, 15) is 0 Å². The van der Waals surface area contributed by atoms with E-state index in [2.05, 4.69) is 11.9 Å². The summed E-state index contributed by atoms with van der Waals surface area (Å²) in [7, 11) is 0. The Hall–Kier alpha value is -1.05. The van der Waals surface area contributed by atoms with Crippen LogP contribution in [-0.2, 0) is 0 Å². The topological polar surface area (TPSA) is 35.9 Å². The average molecular weight is 124 g/mol. The minimum Gasteiger partial charge on any atom is -0.387 e. The van der Waals surface area contributed by atoms with Gasteiger partial charge in [0.25, 0.3) is 0 Å². The predicted octanol–water partition coefficient (Wildman–Crippen LogP) is 1.32. The van der Waals surface area contributed by atoms with Crippen LogP contribution in [0.1, 0.15) is 6.92 Å². The first kappa shape index (κ1) is 7.95. The van der Waals surface area contributed by atoms with E-state index in [1.165, 1.54) is 6.21 Å². The van der Waals surface area contributed by atoms with Crippen LogP contribution in [0.5, 0.6) is 0 Å². The maximum absolute atomic E-state index is 6.79. The Morgan fingerprint density at radius 3 is 2.89 bits per heavy atom. The zero-order chi connectivity index (χ0) is 7.11. The van der Waals surface area contributed by atoms with Crippen LogP contribution >= 0.6 is 0 Å². The van der Waals surface area contributed by atoms with Gasteiger partial charge in [-0.05, 0) is 12.5 Å². The molecule has 2 heteroatoms. The fourth-order valence-corrected chi connectivity index (χ4v) is 0.345. The van der Waals surface area contributed by atoms with Crippen molar-refractivity contribution < 1.29 is 0 Å². The molecule has 0 rings (SSSR count). The van der Waals surface area contributed by atoms with Gasteiger partial charge in [0.1, 0.15) is 0 Å². The molecule has 2 nitrogen and oxygen atoms in total. The summed E-state index contributed by atoms with van der Waals surface area (Å²) in [6, 6.07) is 0. The molecule has 0 saturated heterocycles. The average Bonchev–Trinajstić information content (AvgIpc) is 1.89. The number of hydrogen-bond acceptors (Lipinski definition) is 2. The van der Waals surface area contributed by atoms with Gasteiger partial charge in [0.2, 0.25) is 0 Å². The van der Waals surface area contributed by atoms with Crippen molar-refractivity contribution in [3.63, 3.8) is 0 Å². The Balaban J connectivity index is 3.42. The summed E-state index contributed by atoms with van der Waals surface area (Å²) in [6.45, 7) is 6.15. The standard InChI is InChI=1S/C7H12N2/c1-3-4-9-6-7(2)5-8/h3,5-6,8-9H,1,4H2,2H3/b7-6-,8-5?. The van der Waals surface area contributed by atoms with Crippen molar-refractivity contribution in [3.8, 4) is 0 Å². The highest BCUT2D eigenvalue weighted by Crippen LogP contribution is 1.80. The third-order valence-electron chi connectivity index (χ3n) is 0.820. The second-order valence-corrected chi connectivity index (χ2v) is 1.73. The van der Waals surface area contributed by atoms with Gasteiger partial charge in [-0.3, -0.25) is 0 Å². The monoisotopic (exact) mass is 124 g/mol. The first-order valence-corrected chi connectivity index (χ1v) is 2.82. The van der Waals surface area contributed by atoms with Crippen LogP contribution < -0.4 is 5.32 Å². The van der Waals surface area contributed by atoms with Gasteiger partial charge >= 0.3 is 0 Å². The molecule has 0 aliphatic carbocycles. The number of nitrogens with one attached hydrogen (secondary N) is 2. The highest BCUT2D eigenvalue weighted by molar-refractivity contribution is 5.74. The van der Waals surface area contributed by atoms with Crippen LogP contribution in [0.2, 0.25) is 0 Å². The lowest BCUT2D eigenvalue weighted by atomic mass is 10.4. The maximum atomic E-state index is 6.79. The number of rotatable bonds is 4. The van der Waals surface area contributed by atoms with E-state index < -0.39 is 0 Å². The van der Waals surface area contributed by atoms with Gasteiger partial charge in [0, 0.05) is 19.0 Å². The van der Waals surface area contributed by atoms with Gasteiger partial charge in [0.05, 0.1) is 0 Å². The summed E-state index contributed by atoms with van der Waals surface area (Å²) < 4.78 is 0. The zero-order valence-electron chi connectivity index (χ0n) is 5.65. The summed E-state index contributed by atoms with van der Waals surface area (Å²) in [5.74, 6) is 0. The van der Waals surface area contributed by atoms with Crippen molar-refractivity contribution in [1.29, 1.82) is 5.41 Å². The Morgan fingerprint density at radius 1 is 1.78 bits per heavy atom. The second-order valence-electron chi connectivity index (χ2n) is 1.73. The minimum absolute atomic E-state index is 0.755. The lowest BCUT2D eigenvalue weighted by molar-refractivity contribution is 0.980. The third kappa shape index (κ3) is 4.81. The molecule has 0 heterocycles. The van der Waals surface area contributed by atoms with E-state index in [0.29, 0.717) is 0 Å². The van der Waals surface area contributed by atoms with Crippen LogP contribution in [0.4, 0.5) is 0 Å². The van der Waals surface area contributed by atoms with Crippen LogP contribution in [0.15, 0.2) is 24.4 Å². The molecule has 0 aliphatic heterocycles. The molecular formula is C7H12N2. The molecule has 9 heavy (non-hydrogen) atoms. The predicted molar refractivity (Wildman–Crippen MR) is 40.7 cm³/mol. The maximum Gasteiger partial charge on any atom is 0.0322 e. The Kier molecular flexibility index (Phi) is 4.50. The minimum atomic E-state index is 0.755. The number of hydrogen-bond donors (Lipinski definition) is 2. The largest absolute Gasteiger partial charge is 0.387 e. The molecule has 0 bridgehead atoms. The summed E-state index contributed by atoms with van der Waals surface area (Å²) >= 11 is 0. The molecule has 0 fully saturated rings. The molecule has 50 valence electrons. The smallest absolute Gasteiger partial charge is 0.0322 e. The van der Waals surface area contributed by atoms with Crippen LogP contribution in [0, 0.1) is 5.41 Å². The van der Waals surface area contributed by atoms with Crippen LogP contribution in [0.25, 0.3) is 0 Å². The van der Waals surface area contributed by atoms with Crippen molar-refractivity contribution in [1.82, 2.24) is 5.32 Å². The van der Waals surface area contributed by atoms with E-state index in [0.717, 1.165) is 12.1 Å². The molecule has 0 aliphatic rings. The first-order chi connectivity index (χ1) is 4.31. The molecule has 0 amide bonds. The zero-order valence-corrected chi connectivity index (χ0v) is 5.65. The molecule has 0 saturated carbocycles. The van der Waals surface area contributed by atoms with E-state index in [1.807, 2.05) is 6.92 Å². The number of allylic oxidation sites excluding steroid dienone is 1. The normalized spacial score (nSPS) is 10.6. The fraction of sp³-hybridized carbons (Fsp3) is 0.286. The molecule has 0 spiro atoms. The Morgan fingerprint density at radius 2 is 2.44 bits per heavy atom. The molecule has 2 N–H and O–H groups in total.